The lowest BCUT2D eigenvalue weighted by Crippen LogP contribution is -2.53. The van der Waals surface area contributed by atoms with Gasteiger partial charge in [-0.05, 0) is 12.3 Å². The number of hydrogen-bond acceptors (Lipinski definition) is 10. The molecule has 2 aromatic heterocycles. The van der Waals surface area contributed by atoms with E-state index in [0.717, 1.165) is 32.8 Å². The second-order valence-corrected chi connectivity index (χ2v) is 7.35. The van der Waals surface area contributed by atoms with Crippen LogP contribution in [-0.2, 0) is 14.3 Å². The van der Waals surface area contributed by atoms with Gasteiger partial charge in [-0.15, -0.1) is 0 Å². The third-order valence-corrected chi connectivity index (χ3v) is 5.27. The van der Waals surface area contributed by atoms with Crippen LogP contribution in [0.2, 0.25) is 0 Å². The van der Waals surface area contributed by atoms with Gasteiger partial charge in [-0.3, -0.25) is 4.57 Å². The molecule has 11 nitrogen and oxygen atoms in total. The number of hydrogen-bond donors (Lipinski definition) is 4. The van der Waals surface area contributed by atoms with Crippen molar-refractivity contribution in [3.8, 4) is 11.8 Å². The molecular weight excluding hydrogens is 406 g/mol. The molecule has 0 radical (unpaired) electrons. The van der Waals surface area contributed by atoms with Gasteiger partial charge in [0, 0.05) is 6.42 Å². The highest BCUT2D eigenvalue weighted by atomic mass is 16.6. The van der Waals surface area contributed by atoms with Gasteiger partial charge in [0.2, 0.25) is 11.4 Å². The van der Waals surface area contributed by atoms with E-state index in [1.807, 2.05) is 0 Å². The Kier molecular flexibility index (Phi) is 7.07. The second-order valence-electron chi connectivity index (χ2n) is 7.35. The molecule has 0 aromatic carbocycles. The molecule has 1 saturated heterocycles. The van der Waals surface area contributed by atoms with Gasteiger partial charge in [0.05, 0.1) is 20.0 Å². The van der Waals surface area contributed by atoms with Crippen LogP contribution >= 0.6 is 0 Å². The van der Waals surface area contributed by atoms with E-state index >= 15 is 0 Å². The molecule has 0 unspecified atom stereocenters. The fraction of sp³-hybridized carbons (Fsp3) is 0.600. The molecule has 0 amide bonds. The van der Waals surface area contributed by atoms with Crippen molar-refractivity contribution in [1.82, 2.24) is 19.5 Å². The first kappa shape index (κ1) is 22.9. The maximum Gasteiger partial charge on any atom is 0.343 e. The molecule has 1 fully saturated rings. The largest absolute Gasteiger partial charge is 0.467 e. The minimum Gasteiger partial charge on any atom is -0.467 e. The van der Waals surface area contributed by atoms with Crippen molar-refractivity contribution in [2.24, 2.45) is 0 Å². The van der Waals surface area contributed by atoms with E-state index in [2.05, 4.69) is 38.5 Å². The highest BCUT2D eigenvalue weighted by Gasteiger charge is 2.60. The smallest absolute Gasteiger partial charge is 0.343 e. The monoisotopic (exact) mass is 433 g/mol. The molecule has 31 heavy (non-hydrogen) atoms. The number of unbranched alkanes of at least 4 members (excludes halogenated alkanes) is 4. The van der Waals surface area contributed by atoms with E-state index in [1.165, 1.54) is 10.9 Å². The van der Waals surface area contributed by atoms with Gasteiger partial charge >= 0.3 is 5.97 Å². The molecule has 4 atom stereocenters. The topological polar surface area (TPSA) is 166 Å². The van der Waals surface area contributed by atoms with Crippen LogP contribution in [0.5, 0.6) is 0 Å². The predicted molar refractivity (Wildman–Crippen MR) is 109 cm³/mol. The number of aromatic nitrogens is 4. The van der Waals surface area contributed by atoms with Gasteiger partial charge < -0.3 is 30.5 Å². The Bertz CT molecular complexity index is 999. The van der Waals surface area contributed by atoms with Crippen LogP contribution < -0.4 is 5.73 Å². The highest BCUT2D eigenvalue weighted by molar-refractivity contribution is 5.83. The minimum absolute atomic E-state index is 0.0912. The third kappa shape index (κ3) is 4.20. The van der Waals surface area contributed by atoms with Crippen LogP contribution in [0.25, 0.3) is 11.2 Å². The molecule has 1 aliphatic heterocycles. The van der Waals surface area contributed by atoms with Crippen molar-refractivity contribution in [3.63, 3.8) is 0 Å². The number of ether oxygens (including phenoxy) is 2. The van der Waals surface area contributed by atoms with E-state index in [0.29, 0.717) is 6.42 Å². The number of nitrogen functional groups attached to an aromatic ring is 1. The van der Waals surface area contributed by atoms with E-state index in [9.17, 15) is 20.1 Å². The van der Waals surface area contributed by atoms with Crippen molar-refractivity contribution in [2.45, 2.75) is 63.1 Å². The van der Waals surface area contributed by atoms with E-state index < -0.39 is 36.6 Å². The minimum atomic E-state index is -2.14. The number of imidazole rings is 1. The molecule has 5 N–H and O–H groups in total. The maximum absolute atomic E-state index is 12.2. The number of rotatable bonds is 7. The normalized spacial score (nSPS) is 25.4. The van der Waals surface area contributed by atoms with Crippen LogP contribution in [0.4, 0.5) is 5.82 Å². The lowest BCUT2D eigenvalue weighted by molar-refractivity contribution is -0.187. The molecule has 0 saturated carbocycles. The molecule has 0 aliphatic carbocycles. The Morgan fingerprint density at radius 1 is 1.35 bits per heavy atom. The number of nitrogens with zero attached hydrogens (tertiary/aromatic N) is 4. The van der Waals surface area contributed by atoms with Gasteiger partial charge in [0.15, 0.2) is 17.7 Å². The number of esters is 1. The van der Waals surface area contributed by atoms with Crippen molar-refractivity contribution in [2.75, 3.05) is 19.5 Å². The molecule has 168 valence electrons. The fourth-order valence-corrected chi connectivity index (χ4v) is 3.51. The lowest BCUT2D eigenvalue weighted by Gasteiger charge is -2.26. The summed E-state index contributed by atoms with van der Waals surface area (Å²) in [6, 6.07) is 0. The summed E-state index contributed by atoms with van der Waals surface area (Å²) in [5, 5.41) is 30.7. The summed E-state index contributed by atoms with van der Waals surface area (Å²) < 4.78 is 11.6. The first-order chi connectivity index (χ1) is 14.9. The van der Waals surface area contributed by atoms with E-state index in [-0.39, 0.29) is 22.8 Å². The molecule has 11 heteroatoms. The lowest BCUT2D eigenvalue weighted by atomic mass is 9.96. The van der Waals surface area contributed by atoms with Gasteiger partial charge in [-0.25, -0.2) is 19.7 Å². The zero-order chi connectivity index (χ0) is 22.6. The highest BCUT2D eigenvalue weighted by Crippen LogP contribution is 2.39. The fourth-order valence-electron chi connectivity index (χ4n) is 3.51. The van der Waals surface area contributed by atoms with Crippen LogP contribution in [0.3, 0.4) is 0 Å². The number of methoxy groups -OCH3 is 1. The molecule has 2 aromatic rings. The molecule has 3 heterocycles. The number of anilines is 1. The van der Waals surface area contributed by atoms with Gasteiger partial charge in [0.25, 0.3) is 0 Å². The molecular formula is C20H27N5O6. The Morgan fingerprint density at radius 3 is 2.81 bits per heavy atom. The standard InChI is InChI=1S/C20H27N5O6/c1-3-4-5-6-7-8-9-12-23-16(21)13-17(24-12)25(11-22-13)18-14(27)15(28)20(10-26,31-18)19(29)30-2/h11,14-15,18,26-28H,3-7,10H2,1-2H3,(H2,21,23,24)/t14-,15+,18-,20-/m1/s1. The number of nitrogens with two attached hydrogens (primary N) is 1. The van der Waals surface area contributed by atoms with Gasteiger partial charge in [-0.2, -0.15) is 0 Å². The number of aliphatic hydroxyl groups is 3. The number of carbonyl (C=O) groups is 1. The van der Waals surface area contributed by atoms with Gasteiger partial charge in [-0.1, -0.05) is 32.1 Å². The summed E-state index contributed by atoms with van der Waals surface area (Å²) in [4.78, 5) is 24.8. The zero-order valence-electron chi connectivity index (χ0n) is 17.5. The molecule has 3 rings (SSSR count). The van der Waals surface area contributed by atoms with Crippen molar-refractivity contribution in [1.29, 1.82) is 0 Å². The van der Waals surface area contributed by atoms with Crippen LogP contribution in [0, 0.1) is 11.8 Å². The zero-order valence-corrected chi connectivity index (χ0v) is 17.5. The summed E-state index contributed by atoms with van der Waals surface area (Å²) in [7, 11) is 1.09. The summed E-state index contributed by atoms with van der Waals surface area (Å²) in [5.74, 6) is 5.15. The average molecular weight is 433 g/mol. The Labute approximate surface area is 179 Å². The van der Waals surface area contributed by atoms with Crippen LogP contribution in [0.15, 0.2) is 6.33 Å². The third-order valence-electron chi connectivity index (χ3n) is 5.27. The first-order valence-corrected chi connectivity index (χ1v) is 10.1. The van der Waals surface area contributed by atoms with Crippen molar-refractivity contribution >= 4 is 23.0 Å². The van der Waals surface area contributed by atoms with E-state index in [4.69, 9.17) is 10.5 Å². The average Bonchev–Trinajstić information content (AvgIpc) is 3.30. The number of fused-ring (bicyclic) bond motifs is 1. The van der Waals surface area contributed by atoms with Gasteiger partial charge in [0.1, 0.15) is 17.7 Å². The summed E-state index contributed by atoms with van der Waals surface area (Å²) in [6.07, 6.45) is 1.78. The Balaban J connectivity index is 1.92. The Hall–Kier alpha value is -2.78. The predicted octanol–water partition coefficient (Wildman–Crippen LogP) is -0.115. The number of aliphatic hydroxyl groups excluding tert-OH is 3. The van der Waals surface area contributed by atoms with Crippen molar-refractivity contribution < 1.29 is 29.6 Å². The van der Waals surface area contributed by atoms with Crippen LogP contribution in [0.1, 0.15) is 51.1 Å². The molecule has 0 spiro atoms. The quantitative estimate of drug-likeness (QED) is 0.263. The maximum atomic E-state index is 12.2. The molecule has 1 aliphatic rings. The summed E-state index contributed by atoms with van der Waals surface area (Å²) >= 11 is 0. The molecule has 0 bridgehead atoms. The van der Waals surface area contributed by atoms with Crippen LogP contribution in [-0.4, -0.2) is 72.3 Å². The second kappa shape index (κ2) is 9.57. The van der Waals surface area contributed by atoms with Crippen molar-refractivity contribution in [3.05, 3.63) is 12.2 Å². The first-order valence-electron chi connectivity index (χ1n) is 10.1. The summed E-state index contributed by atoms with van der Waals surface area (Å²) in [6.45, 7) is 1.24. The number of carbonyl (C=O) groups excluding carboxylic acids is 1. The SMILES string of the molecule is CCCCCCC#Cc1nc(N)c2ncn([C@@H]3O[C@@](CO)(C(=O)OC)[C@@H](O)[C@H]3O)c2n1. The van der Waals surface area contributed by atoms with E-state index in [1.54, 1.807) is 0 Å². The summed E-state index contributed by atoms with van der Waals surface area (Å²) in [5.41, 5.74) is 4.30. The Morgan fingerprint density at radius 2 is 2.13 bits per heavy atom.